The predicted molar refractivity (Wildman–Crippen MR) is 97.7 cm³/mol. The Hall–Kier alpha value is -2.81. The zero-order valence-corrected chi connectivity index (χ0v) is 14.6. The third-order valence-corrected chi connectivity index (χ3v) is 4.69. The number of carbonyl (C=O) groups excluding carboxylic acids is 2. The van der Waals surface area contributed by atoms with E-state index in [0.717, 1.165) is 23.9 Å². The van der Waals surface area contributed by atoms with Crippen LogP contribution in [0, 0.1) is 0 Å². The molecule has 0 radical (unpaired) electrons. The zero-order chi connectivity index (χ0) is 19.4. The Kier molecular flexibility index (Phi) is 5.50. The first-order valence-electron chi connectivity index (χ1n) is 7.89. The van der Waals surface area contributed by atoms with Crippen molar-refractivity contribution in [2.75, 3.05) is 5.32 Å². The number of para-hydroxylation sites is 1. The molecule has 0 saturated carbocycles. The summed E-state index contributed by atoms with van der Waals surface area (Å²) in [4.78, 5) is 28.4. The lowest BCUT2D eigenvalue weighted by Gasteiger charge is -2.10. The number of carbonyl (C=O) groups is 2. The minimum atomic E-state index is -4.50. The van der Waals surface area contributed by atoms with Gasteiger partial charge >= 0.3 is 6.18 Å². The minimum Gasteiger partial charge on any atom is -0.326 e. The number of benzene rings is 2. The highest BCUT2D eigenvalue weighted by molar-refractivity contribution is 8.15. The van der Waals surface area contributed by atoms with E-state index in [-0.39, 0.29) is 18.0 Å². The van der Waals surface area contributed by atoms with Crippen molar-refractivity contribution in [3.8, 4) is 0 Å². The molecule has 5 nitrogen and oxygen atoms in total. The number of anilines is 1. The molecule has 1 unspecified atom stereocenters. The fraction of sp³-hybridized carbons (Fsp3) is 0.167. The topological polar surface area (TPSA) is 70.6 Å². The fourth-order valence-corrected chi connectivity index (χ4v) is 3.35. The average Bonchev–Trinajstić information content (AvgIpc) is 2.94. The third-order valence-electron chi connectivity index (χ3n) is 3.61. The summed E-state index contributed by atoms with van der Waals surface area (Å²) < 4.78 is 38.2. The molecule has 1 atom stereocenters. The molecular weight excluding hydrogens is 379 g/mol. The maximum Gasteiger partial charge on any atom is 0.416 e. The van der Waals surface area contributed by atoms with Crippen LogP contribution in [0.4, 0.5) is 24.5 Å². The monoisotopic (exact) mass is 393 g/mol. The standard InChI is InChI=1S/C18H14F3N3O2S/c19-18(20,21)11-5-4-8-13(9-11)22-15(25)10-14-16(26)24-17(27-14)23-12-6-2-1-3-7-12/h1-9,14H,10H2,(H,22,25)(H,23,24,26). The molecule has 2 aromatic rings. The van der Waals surface area contributed by atoms with Gasteiger partial charge in [0.15, 0.2) is 5.17 Å². The highest BCUT2D eigenvalue weighted by atomic mass is 32.2. The molecule has 1 heterocycles. The van der Waals surface area contributed by atoms with Gasteiger partial charge in [0.2, 0.25) is 11.8 Å². The number of rotatable bonds is 4. The van der Waals surface area contributed by atoms with Gasteiger partial charge in [-0.2, -0.15) is 13.2 Å². The summed E-state index contributed by atoms with van der Waals surface area (Å²) in [5.74, 6) is -0.920. The van der Waals surface area contributed by atoms with Gasteiger partial charge in [-0.05, 0) is 30.3 Å². The normalized spacial score (nSPS) is 18.4. The van der Waals surface area contributed by atoms with Gasteiger partial charge < -0.3 is 10.6 Å². The first-order valence-corrected chi connectivity index (χ1v) is 8.77. The lowest BCUT2D eigenvalue weighted by molar-refractivity contribution is -0.137. The van der Waals surface area contributed by atoms with Gasteiger partial charge in [-0.1, -0.05) is 36.0 Å². The molecule has 1 fully saturated rings. The number of halogens is 3. The van der Waals surface area contributed by atoms with Crippen molar-refractivity contribution >= 4 is 40.1 Å². The summed E-state index contributed by atoms with van der Waals surface area (Å²) in [6.07, 6.45) is -4.68. The third kappa shape index (κ3) is 5.10. The number of amides is 2. The van der Waals surface area contributed by atoms with Crippen LogP contribution in [0.3, 0.4) is 0 Å². The first-order chi connectivity index (χ1) is 12.8. The Balaban J connectivity index is 1.61. The molecule has 0 aliphatic carbocycles. The molecule has 3 rings (SSSR count). The molecule has 0 spiro atoms. The summed E-state index contributed by atoms with van der Waals surface area (Å²) >= 11 is 1.11. The van der Waals surface area contributed by atoms with E-state index in [4.69, 9.17) is 0 Å². The van der Waals surface area contributed by atoms with E-state index in [9.17, 15) is 22.8 Å². The second-order valence-electron chi connectivity index (χ2n) is 5.68. The van der Waals surface area contributed by atoms with E-state index in [1.165, 1.54) is 12.1 Å². The van der Waals surface area contributed by atoms with Crippen LogP contribution in [-0.4, -0.2) is 22.2 Å². The molecule has 27 heavy (non-hydrogen) atoms. The summed E-state index contributed by atoms with van der Waals surface area (Å²) in [6, 6.07) is 13.3. The maximum absolute atomic E-state index is 12.7. The Morgan fingerprint density at radius 2 is 1.89 bits per heavy atom. The maximum atomic E-state index is 12.7. The largest absolute Gasteiger partial charge is 0.416 e. The summed E-state index contributed by atoms with van der Waals surface area (Å²) in [7, 11) is 0. The summed E-state index contributed by atoms with van der Waals surface area (Å²) in [5, 5.41) is 4.67. The van der Waals surface area contributed by atoms with Gasteiger partial charge in [0.25, 0.3) is 0 Å². The number of amidine groups is 1. The Morgan fingerprint density at radius 1 is 1.15 bits per heavy atom. The van der Waals surface area contributed by atoms with Gasteiger partial charge in [-0.15, -0.1) is 0 Å². The molecule has 1 saturated heterocycles. The molecule has 1 aliphatic rings. The van der Waals surface area contributed by atoms with Crippen molar-refractivity contribution in [3.63, 3.8) is 0 Å². The van der Waals surface area contributed by atoms with Gasteiger partial charge in [0.1, 0.15) is 5.25 Å². The predicted octanol–water partition coefficient (Wildman–Crippen LogP) is 3.95. The first kappa shape index (κ1) is 19.0. The van der Waals surface area contributed by atoms with Gasteiger partial charge in [-0.3, -0.25) is 9.59 Å². The second-order valence-corrected chi connectivity index (χ2v) is 6.87. The number of hydrogen-bond donors (Lipinski definition) is 2. The molecular formula is C18H14F3N3O2S. The number of nitrogens with one attached hydrogen (secondary N) is 2. The molecule has 140 valence electrons. The Bertz CT molecular complexity index is 885. The molecule has 2 aromatic carbocycles. The van der Waals surface area contributed by atoms with E-state index in [1.54, 1.807) is 24.3 Å². The molecule has 0 bridgehead atoms. The highest BCUT2D eigenvalue weighted by Crippen LogP contribution is 2.31. The lowest BCUT2D eigenvalue weighted by Crippen LogP contribution is -2.28. The molecule has 2 amide bonds. The van der Waals surface area contributed by atoms with E-state index in [0.29, 0.717) is 10.9 Å². The van der Waals surface area contributed by atoms with Crippen molar-refractivity contribution in [1.82, 2.24) is 5.32 Å². The number of aliphatic imine (C=N–C) groups is 1. The summed E-state index contributed by atoms with van der Waals surface area (Å²) in [6.45, 7) is 0. The molecule has 2 N–H and O–H groups in total. The number of alkyl halides is 3. The van der Waals surface area contributed by atoms with E-state index < -0.39 is 22.9 Å². The van der Waals surface area contributed by atoms with Crippen LogP contribution in [-0.2, 0) is 15.8 Å². The number of hydrogen-bond acceptors (Lipinski definition) is 4. The van der Waals surface area contributed by atoms with Crippen molar-refractivity contribution in [2.45, 2.75) is 17.8 Å². The van der Waals surface area contributed by atoms with Crippen molar-refractivity contribution in [1.29, 1.82) is 0 Å². The van der Waals surface area contributed by atoms with Crippen LogP contribution in [0.25, 0.3) is 0 Å². The van der Waals surface area contributed by atoms with Crippen LogP contribution in [0.1, 0.15) is 12.0 Å². The lowest BCUT2D eigenvalue weighted by atomic mass is 10.2. The Morgan fingerprint density at radius 3 is 2.59 bits per heavy atom. The van der Waals surface area contributed by atoms with Crippen LogP contribution in [0.2, 0.25) is 0 Å². The number of thioether (sulfide) groups is 1. The van der Waals surface area contributed by atoms with Crippen LogP contribution in [0.15, 0.2) is 59.6 Å². The van der Waals surface area contributed by atoms with Crippen LogP contribution >= 0.6 is 11.8 Å². The molecule has 0 aromatic heterocycles. The molecule has 9 heteroatoms. The fourth-order valence-electron chi connectivity index (χ4n) is 2.37. The zero-order valence-electron chi connectivity index (χ0n) is 13.8. The number of nitrogens with zero attached hydrogens (tertiary/aromatic N) is 1. The highest BCUT2D eigenvalue weighted by Gasteiger charge is 2.33. The average molecular weight is 393 g/mol. The SMILES string of the molecule is O=C(CC1SC(=Nc2ccccc2)NC1=O)Nc1cccc(C(F)(F)F)c1. The smallest absolute Gasteiger partial charge is 0.326 e. The van der Waals surface area contributed by atoms with Crippen LogP contribution in [0.5, 0.6) is 0 Å². The van der Waals surface area contributed by atoms with Gasteiger partial charge in [-0.25, -0.2) is 4.99 Å². The van der Waals surface area contributed by atoms with Crippen LogP contribution < -0.4 is 10.6 Å². The van der Waals surface area contributed by atoms with E-state index >= 15 is 0 Å². The van der Waals surface area contributed by atoms with Gasteiger partial charge in [0, 0.05) is 12.1 Å². The second kappa shape index (κ2) is 7.83. The van der Waals surface area contributed by atoms with Gasteiger partial charge in [0.05, 0.1) is 11.3 Å². The minimum absolute atomic E-state index is 0.0245. The van der Waals surface area contributed by atoms with Crippen molar-refractivity contribution in [3.05, 3.63) is 60.2 Å². The summed E-state index contributed by atoms with van der Waals surface area (Å²) in [5.41, 5.74) is -0.170. The van der Waals surface area contributed by atoms with Crippen molar-refractivity contribution in [2.24, 2.45) is 4.99 Å². The van der Waals surface area contributed by atoms with Crippen molar-refractivity contribution < 1.29 is 22.8 Å². The van der Waals surface area contributed by atoms with E-state index in [2.05, 4.69) is 15.6 Å². The quantitative estimate of drug-likeness (QED) is 0.826. The molecule has 1 aliphatic heterocycles. The Labute approximate surface area is 157 Å². The van der Waals surface area contributed by atoms with E-state index in [1.807, 2.05) is 6.07 Å².